The highest BCUT2D eigenvalue weighted by Crippen LogP contribution is 2.92. The number of benzene rings is 1. The molecule has 0 heterocycles. The highest BCUT2D eigenvalue weighted by Gasteiger charge is 2.86. The van der Waals surface area contributed by atoms with Gasteiger partial charge in [-0.15, -0.1) is 0 Å². The molecule has 0 radical (unpaired) electrons. The van der Waals surface area contributed by atoms with Crippen molar-refractivity contribution in [1.29, 1.82) is 0 Å². The molecule has 3 saturated carbocycles. The van der Waals surface area contributed by atoms with Crippen LogP contribution in [0.2, 0.25) is 0 Å². The fourth-order valence-corrected chi connectivity index (χ4v) is 5.03. The summed E-state index contributed by atoms with van der Waals surface area (Å²) in [7, 11) is 0. The first kappa shape index (κ1) is 10.6. The highest BCUT2D eigenvalue weighted by molar-refractivity contribution is 9.10. The van der Waals surface area contributed by atoms with Crippen LogP contribution >= 0.6 is 15.9 Å². The van der Waals surface area contributed by atoms with E-state index >= 15 is 0 Å². The van der Waals surface area contributed by atoms with Crippen LogP contribution in [0.3, 0.4) is 0 Å². The predicted molar refractivity (Wildman–Crippen MR) is 70.5 cm³/mol. The number of rotatable bonds is 2. The van der Waals surface area contributed by atoms with Crippen LogP contribution in [0.1, 0.15) is 38.2 Å². The quantitative estimate of drug-likeness (QED) is 0.878. The van der Waals surface area contributed by atoms with Crippen molar-refractivity contribution in [3.05, 3.63) is 34.3 Å². The Kier molecular flexibility index (Phi) is 1.74. The maximum Gasteiger partial charge on any atom is 0.0930 e. The molecule has 0 bridgehead atoms. The summed E-state index contributed by atoms with van der Waals surface area (Å²) >= 11 is 3.46. The molecule has 4 rings (SSSR count). The maximum absolute atomic E-state index is 11.1. The Morgan fingerprint density at radius 2 is 2.06 bits per heavy atom. The topological polar surface area (TPSA) is 20.2 Å². The lowest BCUT2D eigenvalue weighted by atomic mass is 9.77. The summed E-state index contributed by atoms with van der Waals surface area (Å²) in [6.07, 6.45) is 5.20. The smallest absolute Gasteiger partial charge is 0.0930 e. The van der Waals surface area contributed by atoms with Crippen molar-refractivity contribution in [2.24, 2.45) is 16.7 Å². The average Bonchev–Trinajstić information content (AvgIpc) is 3.16. The summed E-state index contributed by atoms with van der Waals surface area (Å²) in [6, 6.07) is 8.21. The molecule has 3 aliphatic rings. The van der Waals surface area contributed by atoms with Gasteiger partial charge < -0.3 is 5.11 Å². The van der Waals surface area contributed by atoms with Crippen molar-refractivity contribution in [1.82, 2.24) is 0 Å². The third-order valence-corrected chi connectivity index (χ3v) is 6.46. The summed E-state index contributed by atoms with van der Waals surface area (Å²) in [5, 5.41) is 11.1. The molecule has 1 aromatic carbocycles. The van der Waals surface area contributed by atoms with E-state index in [2.05, 4.69) is 28.1 Å². The van der Waals surface area contributed by atoms with Crippen LogP contribution < -0.4 is 0 Å². The highest BCUT2D eigenvalue weighted by atomic mass is 79.9. The van der Waals surface area contributed by atoms with Gasteiger partial charge in [-0.3, -0.25) is 0 Å². The first-order valence-electron chi connectivity index (χ1n) is 6.50. The molecule has 1 N–H and O–H groups in total. The van der Waals surface area contributed by atoms with E-state index in [9.17, 15) is 5.11 Å². The molecule has 0 amide bonds. The van der Waals surface area contributed by atoms with Crippen LogP contribution in [0, 0.1) is 16.7 Å². The van der Waals surface area contributed by atoms with E-state index in [4.69, 9.17) is 0 Å². The minimum absolute atomic E-state index is 0.207. The lowest BCUT2D eigenvalue weighted by Crippen LogP contribution is -2.34. The van der Waals surface area contributed by atoms with Crippen molar-refractivity contribution in [3.8, 4) is 0 Å². The minimum Gasteiger partial charge on any atom is -0.385 e. The molecule has 4 atom stereocenters. The van der Waals surface area contributed by atoms with E-state index in [1.807, 2.05) is 19.1 Å². The summed E-state index contributed by atoms with van der Waals surface area (Å²) in [5.41, 5.74) is 1.20. The Morgan fingerprint density at radius 1 is 1.35 bits per heavy atom. The predicted octanol–water partition coefficient (Wildman–Crippen LogP) is 3.85. The molecule has 4 unspecified atom stereocenters. The molecule has 1 spiro atoms. The molecule has 3 aliphatic carbocycles. The summed E-state index contributed by atoms with van der Waals surface area (Å²) in [5.74, 6) is 0.935. The lowest BCUT2D eigenvalue weighted by molar-refractivity contribution is -0.0303. The molecule has 3 fully saturated rings. The Hall–Kier alpha value is -0.340. The van der Waals surface area contributed by atoms with Crippen LogP contribution in [-0.2, 0) is 5.60 Å². The van der Waals surface area contributed by atoms with Crippen LogP contribution in [0.25, 0.3) is 0 Å². The molecule has 90 valence electrons. The maximum atomic E-state index is 11.1. The van der Waals surface area contributed by atoms with E-state index in [0.29, 0.717) is 5.41 Å². The third-order valence-electron chi connectivity index (χ3n) is 5.94. The van der Waals surface area contributed by atoms with Crippen LogP contribution in [0.15, 0.2) is 28.7 Å². The summed E-state index contributed by atoms with van der Waals surface area (Å²) in [6.45, 7) is 2.03. The van der Waals surface area contributed by atoms with Crippen molar-refractivity contribution in [3.63, 3.8) is 0 Å². The molecule has 17 heavy (non-hydrogen) atoms. The van der Waals surface area contributed by atoms with Crippen LogP contribution in [0.5, 0.6) is 0 Å². The Labute approximate surface area is 110 Å². The first-order chi connectivity index (χ1) is 8.02. The van der Waals surface area contributed by atoms with Gasteiger partial charge >= 0.3 is 0 Å². The largest absolute Gasteiger partial charge is 0.385 e. The van der Waals surface area contributed by atoms with Crippen LogP contribution in [0.4, 0.5) is 0 Å². The SMILES string of the molecule is CC(O)(c1ccc(Br)cc1)C12CCC3CC31C2. The second-order valence-corrected chi connectivity index (χ2v) is 7.35. The monoisotopic (exact) mass is 292 g/mol. The molecule has 1 nitrogen and oxygen atoms in total. The summed E-state index contributed by atoms with van der Waals surface area (Å²) in [4.78, 5) is 0. The van der Waals surface area contributed by atoms with Gasteiger partial charge in [0.05, 0.1) is 5.60 Å². The van der Waals surface area contributed by atoms with E-state index in [-0.39, 0.29) is 5.41 Å². The second kappa shape index (κ2) is 2.80. The van der Waals surface area contributed by atoms with Gasteiger partial charge in [-0.05, 0) is 61.6 Å². The van der Waals surface area contributed by atoms with Gasteiger partial charge in [0.1, 0.15) is 0 Å². The van der Waals surface area contributed by atoms with E-state index in [0.717, 1.165) is 16.0 Å². The third kappa shape index (κ3) is 1.05. The fourth-order valence-electron chi connectivity index (χ4n) is 4.76. The van der Waals surface area contributed by atoms with Gasteiger partial charge in [0.15, 0.2) is 0 Å². The average molecular weight is 293 g/mol. The van der Waals surface area contributed by atoms with E-state index in [1.165, 1.54) is 25.7 Å². The normalized spacial score (nSPS) is 44.8. The molecule has 0 aromatic heterocycles. The number of aliphatic hydroxyl groups is 1. The number of halogens is 1. The van der Waals surface area contributed by atoms with Gasteiger partial charge in [0.2, 0.25) is 0 Å². The molecular weight excluding hydrogens is 276 g/mol. The number of hydrogen-bond acceptors (Lipinski definition) is 1. The minimum atomic E-state index is -0.640. The zero-order valence-corrected chi connectivity index (χ0v) is 11.6. The fraction of sp³-hybridized carbons (Fsp3) is 0.600. The molecule has 0 saturated heterocycles. The Morgan fingerprint density at radius 3 is 2.53 bits per heavy atom. The molecular formula is C15H17BrO. The van der Waals surface area contributed by atoms with Gasteiger partial charge in [-0.2, -0.15) is 0 Å². The summed E-state index contributed by atoms with van der Waals surface area (Å²) < 4.78 is 1.08. The second-order valence-electron chi connectivity index (χ2n) is 6.43. The lowest BCUT2D eigenvalue weighted by Gasteiger charge is -2.34. The zero-order valence-electron chi connectivity index (χ0n) is 10.0. The van der Waals surface area contributed by atoms with Crippen molar-refractivity contribution in [2.45, 2.75) is 38.2 Å². The Balaban J connectivity index is 1.75. The molecule has 0 aliphatic heterocycles. The van der Waals surface area contributed by atoms with Crippen molar-refractivity contribution in [2.75, 3.05) is 0 Å². The van der Waals surface area contributed by atoms with Gasteiger partial charge in [-0.1, -0.05) is 28.1 Å². The van der Waals surface area contributed by atoms with E-state index < -0.39 is 5.60 Å². The number of hydrogen-bond donors (Lipinski definition) is 1. The standard InChI is InChI=1S/C15H17BrO/c1-13(17,10-2-4-12(16)5-3-10)15-7-6-11-8-14(11,15)9-15/h2-5,11,17H,6-9H2,1H3. The molecule has 2 heteroatoms. The Bertz CT molecular complexity index is 486. The van der Waals surface area contributed by atoms with Crippen LogP contribution in [-0.4, -0.2) is 5.11 Å². The van der Waals surface area contributed by atoms with E-state index in [1.54, 1.807) is 0 Å². The first-order valence-corrected chi connectivity index (χ1v) is 7.30. The van der Waals surface area contributed by atoms with Gasteiger partial charge in [0, 0.05) is 9.89 Å². The van der Waals surface area contributed by atoms with Gasteiger partial charge in [-0.25, -0.2) is 0 Å². The molecule has 1 aromatic rings. The zero-order chi connectivity index (χ0) is 11.9. The van der Waals surface area contributed by atoms with Crippen molar-refractivity contribution < 1.29 is 5.11 Å². The van der Waals surface area contributed by atoms with Gasteiger partial charge in [0.25, 0.3) is 0 Å². The van der Waals surface area contributed by atoms with Crippen molar-refractivity contribution >= 4 is 15.9 Å².